The number of aliphatic imine (C=N–C) groups is 1. The zero-order valence-electron chi connectivity index (χ0n) is 14.4. The molecule has 0 aromatic carbocycles. The van der Waals surface area contributed by atoms with E-state index in [4.69, 9.17) is 0 Å². The number of nitrogens with zero attached hydrogens (tertiary/aromatic N) is 2. The molecule has 0 saturated heterocycles. The fourth-order valence-corrected chi connectivity index (χ4v) is 3.41. The van der Waals surface area contributed by atoms with E-state index in [1.165, 1.54) is 10.4 Å². The van der Waals surface area contributed by atoms with E-state index in [1.54, 1.807) is 11.3 Å². The normalized spacial score (nSPS) is 14.8. The number of fused-ring (bicyclic) bond motifs is 1. The highest BCUT2D eigenvalue weighted by Gasteiger charge is 2.20. The summed E-state index contributed by atoms with van der Waals surface area (Å²) >= 11 is 1.80. The lowest BCUT2D eigenvalue weighted by atomic mass is 10.1. The molecule has 1 aromatic heterocycles. The van der Waals surface area contributed by atoms with Gasteiger partial charge in [0.25, 0.3) is 0 Å². The molecular formula is C17H28N4OS. The van der Waals surface area contributed by atoms with Crippen LogP contribution in [0.2, 0.25) is 0 Å². The number of hydrogen-bond donors (Lipinski definition) is 2. The lowest BCUT2D eigenvalue weighted by Gasteiger charge is -2.27. The number of guanidine groups is 1. The molecule has 0 atom stereocenters. The summed E-state index contributed by atoms with van der Waals surface area (Å²) in [6, 6.07) is 2.14. The van der Waals surface area contributed by atoms with Gasteiger partial charge in [-0.3, -0.25) is 9.79 Å². The molecule has 1 amide bonds. The van der Waals surface area contributed by atoms with Crippen molar-refractivity contribution in [3.8, 4) is 0 Å². The van der Waals surface area contributed by atoms with E-state index in [1.807, 2.05) is 11.8 Å². The summed E-state index contributed by atoms with van der Waals surface area (Å²) in [5.41, 5.74) is 1.31. The molecule has 0 aliphatic carbocycles. The fraction of sp³-hybridized carbons (Fsp3) is 0.647. The Hall–Kier alpha value is -1.56. The molecule has 1 aromatic rings. The van der Waals surface area contributed by atoms with Gasteiger partial charge in [0.15, 0.2) is 5.96 Å². The van der Waals surface area contributed by atoms with Gasteiger partial charge in [-0.1, -0.05) is 13.8 Å². The van der Waals surface area contributed by atoms with Crippen LogP contribution >= 0.6 is 11.3 Å². The van der Waals surface area contributed by atoms with E-state index >= 15 is 0 Å². The molecule has 23 heavy (non-hydrogen) atoms. The van der Waals surface area contributed by atoms with Gasteiger partial charge in [-0.25, -0.2) is 0 Å². The van der Waals surface area contributed by atoms with E-state index in [0.29, 0.717) is 18.9 Å². The zero-order valence-corrected chi connectivity index (χ0v) is 15.2. The van der Waals surface area contributed by atoms with Gasteiger partial charge in [-0.15, -0.1) is 11.3 Å². The largest absolute Gasteiger partial charge is 0.357 e. The van der Waals surface area contributed by atoms with Crippen LogP contribution in [-0.4, -0.2) is 42.9 Å². The first-order valence-electron chi connectivity index (χ1n) is 8.45. The van der Waals surface area contributed by atoms with Crippen LogP contribution in [-0.2, 0) is 17.8 Å². The van der Waals surface area contributed by atoms with Crippen molar-refractivity contribution >= 4 is 23.2 Å². The standard InChI is InChI=1S/C17H28N4OS/c1-4-18-17(20-11-13(2)3)19-8-5-16(22)21-9-6-15-14(12-21)7-10-23-15/h7,10,13H,4-6,8-9,11-12H2,1-3H3,(H2,18,19,20). The third kappa shape index (κ3) is 5.53. The quantitative estimate of drug-likeness (QED) is 0.619. The van der Waals surface area contributed by atoms with Crippen LogP contribution in [0.25, 0.3) is 0 Å². The number of rotatable bonds is 6. The maximum atomic E-state index is 12.4. The number of nitrogens with one attached hydrogen (secondary N) is 2. The minimum atomic E-state index is 0.217. The molecule has 128 valence electrons. The van der Waals surface area contributed by atoms with Crippen LogP contribution in [0.4, 0.5) is 0 Å². The Morgan fingerprint density at radius 3 is 3.00 bits per heavy atom. The second kappa shape index (κ2) is 8.91. The molecule has 0 unspecified atom stereocenters. The topological polar surface area (TPSA) is 56.7 Å². The molecule has 2 heterocycles. The molecule has 1 aliphatic heterocycles. The summed E-state index contributed by atoms with van der Waals surface area (Å²) in [5.74, 6) is 1.54. The van der Waals surface area contributed by atoms with E-state index in [-0.39, 0.29) is 5.91 Å². The Balaban J connectivity index is 1.76. The molecule has 0 saturated carbocycles. The second-order valence-electron chi connectivity index (χ2n) is 6.22. The van der Waals surface area contributed by atoms with E-state index in [2.05, 4.69) is 40.9 Å². The van der Waals surface area contributed by atoms with Crippen molar-refractivity contribution in [3.05, 3.63) is 21.9 Å². The number of carbonyl (C=O) groups is 1. The molecule has 0 radical (unpaired) electrons. The van der Waals surface area contributed by atoms with Gasteiger partial charge in [-0.05, 0) is 36.3 Å². The maximum absolute atomic E-state index is 12.4. The third-order valence-electron chi connectivity index (χ3n) is 3.75. The predicted octanol–water partition coefficient (Wildman–Crippen LogP) is 2.23. The van der Waals surface area contributed by atoms with Crippen molar-refractivity contribution in [1.29, 1.82) is 0 Å². The lowest BCUT2D eigenvalue weighted by molar-refractivity contribution is -0.131. The van der Waals surface area contributed by atoms with Gasteiger partial charge < -0.3 is 15.5 Å². The summed E-state index contributed by atoms with van der Waals surface area (Å²) in [6.45, 7) is 10.2. The third-order valence-corrected chi connectivity index (χ3v) is 4.77. The maximum Gasteiger partial charge on any atom is 0.224 e. The smallest absolute Gasteiger partial charge is 0.224 e. The average Bonchev–Trinajstić information content (AvgIpc) is 2.99. The van der Waals surface area contributed by atoms with Gasteiger partial charge in [-0.2, -0.15) is 0 Å². The minimum Gasteiger partial charge on any atom is -0.357 e. The van der Waals surface area contributed by atoms with Crippen molar-refractivity contribution in [2.24, 2.45) is 10.9 Å². The lowest BCUT2D eigenvalue weighted by Crippen LogP contribution is -2.41. The first-order chi connectivity index (χ1) is 11.1. The van der Waals surface area contributed by atoms with Crippen molar-refractivity contribution in [3.63, 3.8) is 0 Å². The van der Waals surface area contributed by atoms with Crippen molar-refractivity contribution < 1.29 is 4.79 Å². The summed E-state index contributed by atoms with van der Waals surface area (Å²) in [7, 11) is 0. The highest BCUT2D eigenvalue weighted by molar-refractivity contribution is 7.10. The van der Waals surface area contributed by atoms with Crippen LogP contribution in [0.15, 0.2) is 16.4 Å². The van der Waals surface area contributed by atoms with Crippen LogP contribution in [0, 0.1) is 5.92 Å². The number of amides is 1. The Bertz CT molecular complexity index is 538. The Morgan fingerprint density at radius 1 is 1.43 bits per heavy atom. The minimum absolute atomic E-state index is 0.217. The van der Waals surface area contributed by atoms with Crippen LogP contribution in [0.3, 0.4) is 0 Å². The fourth-order valence-electron chi connectivity index (χ4n) is 2.52. The highest BCUT2D eigenvalue weighted by atomic mass is 32.1. The molecule has 6 heteroatoms. The molecule has 2 N–H and O–H groups in total. The van der Waals surface area contributed by atoms with Crippen molar-refractivity contribution in [2.45, 2.75) is 40.2 Å². The number of hydrogen-bond acceptors (Lipinski definition) is 3. The number of thiophene rings is 1. The van der Waals surface area contributed by atoms with Crippen molar-refractivity contribution in [1.82, 2.24) is 15.5 Å². The molecule has 0 bridgehead atoms. The van der Waals surface area contributed by atoms with E-state index < -0.39 is 0 Å². The van der Waals surface area contributed by atoms with Crippen molar-refractivity contribution in [2.75, 3.05) is 26.2 Å². The first-order valence-corrected chi connectivity index (χ1v) is 9.33. The summed E-state index contributed by atoms with van der Waals surface area (Å²) in [6.07, 6.45) is 1.50. The van der Waals surface area contributed by atoms with Crippen LogP contribution in [0.1, 0.15) is 37.6 Å². The molecular weight excluding hydrogens is 308 g/mol. The molecule has 2 rings (SSSR count). The van der Waals surface area contributed by atoms with Gasteiger partial charge >= 0.3 is 0 Å². The predicted molar refractivity (Wildman–Crippen MR) is 96.9 cm³/mol. The zero-order chi connectivity index (χ0) is 16.7. The van der Waals surface area contributed by atoms with E-state index in [0.717, 1.165) is 38.6 Å². The summed E-state index contributed by atoms with van der Waals surface area (Å²) < 4.78 is 0. The van der Waals surface area contributed by atoms with E-state index in [9.17, 15) is 4.79 Å². The van der Waals surface area contributed by atoms with Crippen LogP contribution < -0.4 is 10.6 Å². The summed E-state index contributed by atoms with van der Waals surface area (Å²) in [4.78, 5) is 20.3. The molecule has 0 spiro atoms. The average molecular weight is 337 g/mol. The monoisotopic (exact) mass is 336 g/mol. The van der Waals surface area contributed by atoms with Gasteiger partial charge in [0, 0.05) is 44.0 Å². The Morgan fingerprint density at radius 2 is 2.26 bits per heavy atom. The second-order valence-corrected chi connectivity index (χ2v) is 7.23. The van der Waals surface area contributed by atoms with Gasteiger partial charge in [0.1, 0.15) is 0 Å². The first kappa shape index (κ1) is 17.8. The highest BCUT2D eigenvalue weighted by Crippen LogP contribution is 2.24. The van der Waals surface area contributed by atoms with Gasteiger partial charge in [0.05, 0.1) is 0 Å². The Kier molecular flexibility index (Phi) is 6.89. The molecule has 5 nitrogen and oxygen atoms in total. The Labute approximate surface area is 143 Å². The molecule has 0 fully saturated rings. The number of carbonyl (C=O) groups excluding carboxylic acids is 1. The SMILES string of the molecule is CCNC(=NCC(C)C)NCCC(=O)N1CCc2sccc2C1. The van der Waals surface area contributed by atoms with Crippen LogP contribution in [0.5, 0.6) is 0 Å². The van der Waals surface area contributed by atoms with Gasteiger partial charge in [0.2, 0.25) is 5.91 Å². The molecule has 1 aliphatic rings. The summed E-state index contributed by atoms with van der Waals surface area (Å²) in [5, 5.41) is 8.59.